The molecule has 8 heteroatoms. The molecule has 0 atom stereocenters. The van der Waals surface area contributed by atoms with Crippen LogP contribution in [0, 0.1) is 5.92 Å². The smallest absolute Gasteiger partial charge is 0.356 e. The van der Waals surface area contributed by atoms with Crippen LogP contribution in [0.1, 0.15) is 40.9 Å². The molecule has 1 saturated carbocycles. The molecule has 1 aliphatic heterocycles. The molecule has 0 unspecified atom stereocenters. The largest absolute Gasteiger partial charge is 0.435 e. The molecule has 1 aliphatic carbocycles. The second-order valence-electron chi connectivity index (χ2n) is 7.80. The van der Waals surface area contributed by atoms with Crippen LogP contribution < -0.4 is 4.90 Å². The van der Waals surface area contributed by atoms with E-state index < -0.39 is 11.9 Å². The molecule has 1 fully saturated rings. The van der Waals surface area contributed by atoms with Crippen molar-refractivity contribution in [2.45, 2.75) is 31.9 Å². The molecule has 0 N–H and O–H groups in total. The molecule has 0 spiro atoms. The monoisotopic (exact) mass is 392 g/mol. The molecule has 1 amide bonds. The minimum atomic E-state index is -4.49. The Morgan fingerprint density at radius 1 is 1.21 bits per heavy atom. The van der Waals surface area contributed by atoms with Crippen molar-refractivity contribution in [2.75, 3.05) is 32.1 Å². The molecule has 2 aliphatic rings. The highest BCUT2D eigenvalue weighted by atomic mass is 19.4. The summed E-state index contributed by atoms with van der Waals surface area (Å²) < 4.78 is 42.3. The first-order valence-electron chi connectivity index (χ1n) is 9.52. The van der Waals surface area contributed by atoms with Crippen molar-refractivity contribution in [3.8, 4) is 5.69 Å². The number of hydrogen-bond acceptors (Lipinski definition) is 3. The third kappa shape index (κ3) is 3.47. The Morgan fingerprint density at radius 3 is 2.46 bits per heavy atom. The fraction of sp³-hybridized carbons (Fsp3) is 0.500. The Hall–Kier alpha value is -2.51. The number of carbonyl (C=O) groups excluding carboxylic acids is 1. The second kappa shape index (κ2) is 6.83. The molecule has 2 heterocycles. The zero-order chi connectivity index (χ0) is 20.1. The van der Waals surface area contributed by atoms with E-state index >= 15 is 0 Å². The zero-order valence-electron chi connectivity index (χ0n) is 16.0. The Kier molecular flexibility index (Phi) is 4.59. The van der Waals surface area contributed by atoms with E-state index in [9.17, 15) is 18.0 Å². The molecule has 1 aromatic carbocycles. The molecule has 5 nitrogen and oxygen atoms in total. The van der Waals surface area contributed by atoms with Crippen LogP contribution in [0.4, 0.5) is 19.0 Å². The van der Waals surface area contributed by atoms with E-state index in [1.807, 2.05) is 0 Å². The first-order valence-corrected chi connectivity index (χ1v) is 9.52. The van der Waals surface area contributed by atoms with Gasteiger partial charge in [-0.3, -0.25) is 4.79 Å². The predicted molar refractivity (Wildman–Crippen MR) is 99.8 cm³/mol. The quantitative estimate of drug-likeness (QED) is 0.796. The van der Waals surface area contributed by atoms with Crippen LogP contribution in [-0.2, 0) is 12.6 Å². The number of amides is 1. The number of nitrogens with zero attached hydrogens (tertiary/aromatic N) is 4. The molecule has 28 heavy (non-hydrogen) atoms. The number of carbonyl (C=O) groups is 1. The predicted octanol–water partition coefficient (Wildman–Crippen LogP) is 3.76. The Labute approximate surface area is 161 Å². The molecule has 2 aromatic rings. The second-order valence-corrected chi connectivity index (χ2v) is 7.80. The van der Waals surface area contributed by atoms with Crippen molar-refractivity contribution in [2.24, 2.45) is 5.92 Å². The van der Waals surface area contributed by atoms with Crippen molar-refractivity contribution in [1.82, 2.24) is 14.7 Å². The molecule has 4 rings (SSSR count). The van der Waals surface area contributed by atoms with Gasteiger partial charge in [0.2, 0.25) is 0 Å². The summed E-state index contributed by atoms with van der Waals surface area (Å²) in [6, 6.07) is 6.59. The van der Waals surface area contributed by atoms with Gasteiger partial charge in [-0.2, -0.15) is 18.3 Å². The van der Waals surface area contributed by atoms with E-state index in [1.54, 1.807) is 38.4 Å². The number of alkyl halides is 3. The molecular formula is C20H23F3N4O. The topological polar surface area (TPSA) is 41.4 Å². The molecular weight excluding hydrogens is 369 g/mol. The highest BCUT2D eigenvalue weighted by Gasteiger charge is 2.42. The fourth-order valence-electron chi connectivity index (χ4n) is 3.75. The number of rotatable bonds is 4. The van der Waals surface area contributed by atoms with Gasteiger partial charge in [-0.25, -0.2) is 4.68 Å². The lowest BCUT2D eigenvalue weighted by Gasteiger charge is -2.30. The van der Waals surface area contributed by atoms with Crippen LogP contribution >= 0.6 is 0 Å². The van der Waals surface area contributed by atoms with Gasteiger partial charge in [0.25, 0.3) is 5.91 Å². The van der Waals surface area contributed by atoms with Crippen molar-refractivity contribution < 1.29 is 18.0 Å². The van der Waals surface area contributed by atoms with Crippen molar-refractivity contribution in [3.05, 3.63) is 41.1 Å². The highest BCUT2D eigenvalue weighted by molar-refractivity contribution is 5.94. The molecule has 0 radical (unpaired) electrons. The van der Waals surface area contributed by atoms with Gasteiger partial charge in [0, 0.05) is 38.3 Å². The van der Waals surface area contributed by atoms with Crippen molar-refractivity contribution in [3.63, 3.8) is 0 Å². The Bertz CT molecular complexity index is 882. The van der Waals surface area contributed by atoms with Gasteiger partial charge in [0.1, 0.15) is 5.82 Å². The highest BCUT2D eigenvalue weighted by Crippen LogP contribution is 2.41. The van der Waals surface area contributed by atoms with Crippen LogP contribution in [0.3, 0.4) is 0 Å². The summed E-state index contributed by atoms with van der Waals surface area (Å²) in [5, 5.41) is 3.98. The summed E-state index contributed by atoms with van der Waals surface area (Å²) in [6.07, 6.45) is -1.15. The van der Waals surface area contributed by atoms with Crippen LogP contribution in [0.15, 0.2) is 24.3 Å². The van der Waals surface area contributed by atoms with E-state index in [2.05, 4.69) is 10.00 Å². The third-order valence-corrected chi connectivity index (χ3v) is 5.32. The van der Waals surface area contributed by atoms with E-state index in [1.165, 1.54) is 9.58 Å². The van der Waals surface area contributed by atoms with Gasteiger partial charge in [-0.1, -0.05) is 0 Å². The number of aromatic nitrogens is 2. The normalized spacial score (nSPS) is 16.8. The molecule has 0 saturated heterocycles. The van der Waals surface area contributed by atoms with Crippen LogP contribution in [0.5, 0.6) is 0 Å². The number of benzene rings is 1. The maximum Gasteiger partial charge on any atom is 0.435 e. The zero-order valence-corrected chi connectivity index (χ0v) is 16.0. The standard InChI is InChI=1S/C20H23F3N4O/c1-25(2)19(28)14-7-9-15(10-8-14)27-18-16(17(24-27)20(21,22)23)4-3-11-26(18)12-13-5-6-13/h7-10,13H,3-6,11-12H2,1-2H3. The van der Waals surface area contributed by atoms with E-state index in [4.69, 9.17) is 0 Å². The Morgan fingerprint density at radius 2 is 1.89 bits per heavy atom. The maximum atomic E-state index is 13.6. The number of anilines is 1. The minimum absolute atomic E-state index is 0.152. The summed E-state index contributed by atoms with van der Waals surface area (Å²) in [4.78, 5) is 15.6. The lowest BCUT2D eigenvalue weighted by atomic mass is 10.0. The Balaban J connectivity index is 1.77. The lowest BCUT2D eigenvalue weighted by Crippen LogP contribution is -2.33. The number of fused-ring (bicyclic) bond motifs is 1. The first-order chi connectivity index (χ1) is 13.3. The van der Waals surface area contributed by atoms with Gasteiger partial charge in [-0.05, 0) is 55.9 Å². The molecule has 150 valence electrons. The number of halogens is 3. The van der Waals surface area contributed by atoms with Gasteiger partial charge in [-0.15, -0.1) is 0 Å². The van der Waals surface area contributed by atoms with Gasteiger partial charge in [0.15, 0.2) is 5.69 Å². The summed E-state index contributed by atoms with van der Waals surface area (Å²) in [7, 11) is 3.32. The third-order valence-electron chi connectivity index (χ3n) is 5.32. The van der Waals surface area contributed by atoms with Crippen molar-refractivity contribution in [1.29, 1.82) is 0 Å². The molecule has 0 bridgehead atoms. The van der Waals surface area contributed by atoms with Crippen LogP contribution in [0.2, 0.25) is 0 Å². The van der Waals surface area contributed by atoms with E-state index in [0.717, 1.165) is 25.9 Å². The first kappa shape index (κ1) is 18.8. The molecule has 1 aromatic heterocycles. The summed E-state index contributed by atoms with van der Waals surface area (Å²) >= 11 is 0. The van der Waals surface area contributed by atoms with Gasteiger partial charge < -0.3 is 9.80 Å². The van der Waals surface area contributed by atoms with Gasteiger partial charge >= 0.3 is 6.18 Å². The average Bonchev–Trinajstić information content (AvgIpc) is 3.37. The fourth-order valence-corrected chi connectivity index (χ4v) is 3.75. The minimum Gasteiger partial charge on any atom is -0.356 e. The average molecular weight is 392 g/mol. The SMILES string of the molecule is CN(C)C(=O)c1ccc(-n2nc(C(F)(F)F)c3c2N(CC2CC2)CCC3)cc1. The van der Waals surface area contributed by atoms with Crippen LogP contribution in [0.25, 0.3) is 5.69 Å². The van der Waals surface area contributed by atoms with E-state index in [0.29, 0.717) is 35.8 Å². The number of hydrogen-bond donors (Lipinski definition) is 0. The van der Waals surface area contributed by atoms with Crippen molar-refractivity contribution >= 4 is 11.7 Å². The summed E-state index contributed by atoms with van der Waals surface area (Å²) in [5.41, 5.74) is 0.509. The lowest BCUT2D eigenvalue weighted by molar-refractivity contribution is -0.142. The van der Waals surface area contributed by atoms with E-state index in [-0.39, 0.29) is 11.5 Å². The van der Waals surface area contributed by atoms with Crippen LogP contribution in [-0.4, -0.2) is 47.8 Å². The van der Waals surface area contributed by atoms with Gasteiger partial charge in [0.05, 0.1) is 5.69 Å². The maximum absolute atomic E-state index is 13.6. The summed E-state index contributed by atoms with van der Waals surface area (Å²) in [6.45, 7) is 1.51. The summed E-state index contributed by atoms with van der Waals surface area (Å²) in [5.74, 6) is 0.960.